The van der Waals surface area contributed by atoms with E-state index in [4.69, 9.17) is 4.74 Å². The largest absolute Gasteiger partial charge is 0.369 e. The lowest BCUT2D eigenvalue weighted by molar-refractivity contribution is 0.0937. The fourth-order valence-corrected chi connectivity index (χ4v) is 2.92. The lowest BCUT2D eigenvalue weighted by Crippen LogP contribution is -2.25. The standard InChI is InChI=1S/C18H23NO/c1-2-6-16(7-3-1)17-8-10-18(11-9-17)20-15-14-19-12-4-5-13-19/h1-3,6-11,17-18H,4-5,12-15H2. The van der Waals surface area contributed by atoms with Gasteiger partial charge in [0, 0.05) is 12.5 Å². The van der Waals surface area contributed by atoms with Crippen LogP contribution in [0, 0.1) is 0 Å². The number of rotatable bonds is 5. The molecule has 1 aliphatic heterocycles. The maximum absolute atomic E-state index is 5.91. The molecule has 3 rings (SSSR count). The zero-order valence-electron chi connectivity index (χ0n) is 11.9. The van der Waals surface area contributed by atoms with E-state index in [1.165, 1.54) is 31.5 Å². The minimum Gasteiger partial charge on any atom is -0.369 e. The van der Waals surface area contributed by atoms with E-state index in [0.717, 1.165) is 13.2 Å². The minimum atomic E-state index is 0.151. The average Bonchev–Trinajstić information content (AvgIpc) is 3.02. The van der Waals surface area contributed by atoms with Crippen LogP contribution in [0.15, 0.2) is 54.6 Å². The first-order valence-corrected chi connectivity index (χ1v) is 7.67. The van der Waals surface area contributed by atoms with Gasteiger partial charge in [0.05, 0.1) is 12.7 Å². The molecule has 1 heterocycles. The molecule has 0 aromatic heterocycles. The Balaban J connectivity index is 1.44. The molecule has 1 aliphatic carbocycles. The van der Waals surface area contributed by atoms with Crippen LogP contribution < -0.4 is 0 Å². The lowest BCUT2D eigenvalue weighted by Gasteiger charge is -2.20. The van der Waals surface area contributed by atoms with Crippen molar-refractivity contribution in [3.63, 3.8) is 0 Å². The molecule has 20 heavy (non-hydrogen) atoms. The molecule has 2 aliphatic rings. The van der Waals surface area contributed by atoms with Crippen LogP contribution in [0.5, 0.6) is 0 Å². The summed E-state index contributed by atoms with van der Waals surface area (Å²) in [6.07, 6.45) is 11.7. The van der Waals surface area contributed by atoms with E-state index in [2.05, 4.69) is 59.5 Å². The summed E-state index contributed by atoms with van der Waals surface area (Å²) in [5.41, 5.74) is 1.34. The van der Waals surface area contributed by atoms with Crippen LogP contribution in [0.3, 0.4) is 0 Å². The molecule has 1 fully saturated rings. The predicted molar refractivity (Wildman–Crippen MR) is 82.9 cm³/mol. The summed E-state index contributed by atoms with van der Waals surface area (Å²) in [4.78, 5) is 2.49. The third kappa shape index (κ3) is 3.59. The monoisotopic (exact) mass is 269 g/mol. The molecular formula is C18H23NO. The van der Waals surface area contributed by atoms with Crippen molar-refractivity contribution in [3.8, 4) is 0 Å². The normalized spacial score (nSPS) is 26.2. The first kappa shape index (κ1) is 13.6. The van der Waals surface area contributed by atoms with Gasteiger partial charge in [-0.3, -0.25) is 0 Å². The SMILES string of the molecule is C1=CC(c2ccccc2)C=CC1OCCN1CCCC1. The summed E-state index contributed by atoms with van der Waals surface area (Å²) in [6.45, 7) is 4.39. The van der Waals surface area contributed by atoms with Gasteiger partial charge >= 0.3 is 0 Å². The Hall–Kier alpha value is -1.38. The molecule has 106 valence electrons. The average molecular weight is 269 g/mol. The fourth-order valence-electron chi connectivity index (χ4n) is 2.92. The molecule has 0 N–H and O–H groups in total. The van der Waals surface area contributed by atoms with Crippen LogP contribution in [-0.4, -0.2) is 37.2 Å². The van der Waals surface area contributed by atoms with Gasteiger partial charge in [0.15, 0.2) is 0 Å². The van der Waals surface area contributed by atoms with E-state index >= 15 is 0 Å². The van der Waals surface area contributed by atoms with Crippen molar-refractivity contribution in [2.45, 2.75) is 24.9 Å². The van der Waals surface area contributed by atoms with Crippen molar-refractivity contribution in [3.05, 3.63) is 60.2 Å². The van der Waals surface area contributed by atoms with Crippen molar-refractivity contribution >= 4 is 0 Å². The smallest absolute Gasteiger partial charge is 0.0938 e. The molecular weight excluding hydrogens is 246 g/mol. The van der Waals surface area contributed by atoms with E-state index in [9.17, 15) is 0 Å². The second-order valence-corrected chi connectivity index (χ2v) is 5.59. The molecule has 0 unspecified atom stereocenters. The topological polar surface area (TPSA) is 12.5 Å². The maximum atomic E-state index is 5.91. The van der Waals surface area contributed by atoms with Crippen molar-refractivity contribution in [2.24, 2.45) is 0 Å². The zero-order valence-corrected chi connectivity index (χ0v) is 11.9. The Kier molecular flexibility index (Phi) is 4.67. The van der Waals surface area contributed by atoms with Gasteiger partial charge in [0.25, 0.3) is 0 Å². The van der Waals surface area contributed by atoms with Crippen LogP contribution >= 0.6 is 0 Å². The van der Waals surface area contributed by atoms with Gasteiger partial charge in [-0.25, -0.2) is 0 Å². The first-order chi connectivity index (χ1) is 9.92. The van der Waals surface area contributed by atoms with Gasteiger partial charge < -0.3 is 9.64 Å². The van der Waals surface area contributed by atoms with Crippen LogP contribution in [-0.2, 0) is 4.74 Å². The highest BCUT2D eigenvalue weighted by Crippen LogP contribution is 2.23. The summed E-state index contributed by atoms with van der Waals surface area (Å²) in [5, 5.41) is 0. The van der Waals surface area contributed by atoms with Gasteiger partial charge in [-0.1, -0.05) is 54.6 Å². The highest BCUT2D eigenvalue weighted by Gasteiger charge is 2.13. The van der Waals surface area contributed by atoms with Gasteiger partial charge in [0.2, 0.25) is 0 Å². The third-order valence-corrected chi connectivity index (χ3v) is 4.12. The molecule has 0 radical (unpaired) electrons. The van der Waals surface area contributed by atoms with Crippen LogP contribution in [0.25, 0.3) is 0 Å². The number of nitrogens with zero attached hydrogens (tertiary/aromatic N) is 1. The molecule has 1 aromatic rings. The number of likely N-dealkylation sites (tertiary alicyclic amines) is 1. The second kappa shape index (κ2) is 6.87. The second-order valence-electron chi connectivity index (χ2n) is 5.59. The molecule has 1 saturated heterocycles. The Morgan fingerprint density at radius 3 is 2.35 bits per heavy atom. The van der Waals surface area contributed by atoms with Gasteiger partial charge in [-0.15, -0.1) is 0 Å². The lowest BCUT2D eigenvalue weighted by atomic mass is 9.94. The van der Waals surface area contributed by atoms with Crippen LogP contribution in [0.2, 0.25) is 0 Å². The highest BCUT2D eigenvalue weighted by atomic mass is 16.5. The van der Waals surface area contributed by atoms with Gasteiger partial charge in [0.1, 0.15) is 0 Å². The third-order valence-electron chi connectivity index (χ3n) is 4.12. The van der Waals surface area contributed by atoms with Gasteiger partial charge in [-0.2, -0.15) is 0 Å². The summed E-state index contributed by atoms with van der Waals surface area (Å²) in [7, 11) is 0. The molecule has 0 bridgehead atoms. The van der Waals surface area contributed by atoms with Crippen molar-refractivity contribution in [1.29, 1.82) is 0 Å². The van der Waals surface area contributed by atoms with E-state index < -0.39 is 0 Å². The molecule has 2 heteroatoms. The molecule has 0 saturated carbocycles. The fraction of sp³-hybridized carbons (Fsp3) is 0.444. The van der Waals surface area contributed by atoms with Crippen LogP contribution in [0.1, 0.15) is 24.3 Å². The van der Waals surface area contributed by atoms with Crippen molar-refractivity contribution < 1.29 is 4.74 Å². The first-order valence-electron chi connectivity index (χ1n) is 7.67. The molecule has 1 aromatic carbocycles. The predicted octanol–water partition coefficient (Wildman–Crippen LogP) is 3.38. The molecule has 0 atom stereocenters. The summed E-state index contributed by atoms with van der Waals surface area (Å²) < 4.78 is 5.91. The summed E-state index contributed by atoms with van der Waals surface area (Å²) in [6, 6.07) is 10.6. The zero-order chi connectivity index (χ0) is 13.6. The minimum absolute atomic E-state index is 0.151. The van der Waals surface area contributed by atoms with Gasteiger partial charge in [-0.05, 0) is 31.5 Å². The number of allylic oxidation sites excluding steroid dienone is 2. The number of ether oxygens (including phenoxy) is 1. The maximum Gasteiger partial charge on any atom is 0.0938 e. The summed E-state index contributed by atoms with van der Waals surface area (Å²) >= 11 is 0. The Bertz CT molecular complexity index is 446. The van der Waals surface area contributed by atoms with E-state index in [1.54, 1.807) is 0 Å². The quantitative estimate of drug-likeness (QED) is 0.760. The van der Waals surface area contributed by atoms with E-state index in [0.29, 0.717) is 5.92 Å². The van der Waals surface area contributed by atoms with E-state index in [1.807, 2.05) is 0 Å². The van der Waals surface area contributed by atoms with Crippen LogP contribution in [0.4, 0.5) is 0 Å². The Morgan fingerprint density at radius 1 is 0.950 bits per heavy atom. The molecule has 0 spiro atoms. The van der Waals surface area contributed by atoms with Crippen molar-refractivity contribution in [1.82, 2.24) is 4.90 Å². The van der Waals surface area contributed by atoms with Crippen molar-refractivity contribution in [2.75, 3.05) is 26.2 Å². The molecule has 0 amide bonds. The Labute approximate surface area is 121 Å². The Morgan fingerprint density at radius 2 is 1.65 bits per heavy atom. The molecule has 2 nitrogen and oxygen atoms in total. The number of hydrogen-bond donors (Lipinski definition) is 0. The number of benzene rings is 1. The highest BCUT2D eigenvalue weighted by molar-refractivity contribution is 5.32. The van der Waals surface area contributed by atoms with E-state index in [-0.39, 0.29) is 6.10 Å². The summed E-state index contributed by atoms with van der Waals surface area (Å²) in [5.74, 6) is 0.398. The number of hydrogen-bond acceptors (Lipinski definition) is 2.